The van der Waals surface area contributed by atoms with Gasteiger partial charge in [0.05, 0.1) is 19.8 Å². The molecule has 19 heavy (non-hydrogen) atoms. The first kappa shape index (κ1) is 16.4. The molecule has 1 atom stereocenters. The zero-order valence-electron chi connectivity index (χ0n) is 10.7. The molecule has 0 heterocycles. The van der Waals surface area contributed by atoms with Crippen molar-refractivity contribution in [1.29, 1.82) is 0 Å². The molecule has 0 amide bonds. The monoisotopic (exact) mass is 333 g/mol. The molecule has 6 heteroatoms. The lowest BCUT2D eigenvalue weighted by molar-refractivity contribution is 0.0842. The molecule has 1 aromatic carbocycles. The Morgan fingerprint density at radius 2 is 2.16 bits per heavy atom. The molecule has 0 bridgehead atoms. The van der Waals surface area contributed by atoms with E-state index in [1.165, 1.54) is 0 Å². The third-order valence-electron chi connectivity index (χ3n) is 2.28. The molecule has 0 aliphatic rings. The number of nitrogens with one attached hydrogen (secondary N) is 1. The third-order valence-corrected chi connectivity index (χ3v) is 2.77. The molecule has 0 spiro atoms. The van der Waals surface area contributed by atoms with Crippen LogP contribution in [0.2, 0.25) is 0 Å². The van der Waals surface area contributed by atoms with Crippen molar-refractivity contribution in [3.8, 4) is 5.75 Å². The van der Waals surface area contributed by atoms with Crippen LogP contribution in [0.25, 0.3) is 0 Å². The Balaban J connectivity index is 2.06. The molecule has 108 valence electrons. The van der Waals surface area contributed by atoms with Gasteiger partial charge in [0.1, 0.15) is 18.5 Å². The van der Waals surface area contributed by atoms with E-state index in [9.17, 15) is 5.11 Å². The van der Waals surface area contributed by atoms with Crippen LogP contribution in [0.1, 0.15) is 0 Å². The molecule has 1 unspecified atom stereocenters. The first-order chi connectivity index (χ1) is 9.22. The van der Waals surface area contributed by atoms with E-state index >= 15 is 0 Å². The minimum atomic E-state index is -0.572. The number of halogens is 1. The second-order valence-corrected chi connectivity index (χ2v) is 4.88. The summed E-state index contributed by atoms with van der Waals surface area (Å²) in [5, 5.41) is 21.3. The summed E-state index contributed by atoms with van der Waals surface area (Å²) in [7, 11) is 0. The van der Waals surface area contributed by atoms with Crippen molar-refractivity contribution in [2.45, 2.75) is 6.10 Å². The smallest absolute Gasteiger partial charge is 0.120 e. The van der Waals surface area contributed by atoms with Crippen molar-refractivity contribution in [3.05, 3.63) is 28.7 Å². The lowest BCUT2D eigenvalue weighted by atomic mass is 10.3. The van der Waals surface area contributed by atoms with Crippen molar-refractivity contribution in [3.63, 3.8) is 0 Å². The fraction of sp³-hybridized carbons (Fsp3) is 0.538. The van der Waals surface area contributed by atoms with E-state index < -0.39 is 6.10 Å². The predicted octanol–water partition coefficient (Wildman–Crippen LogP) is 0.787. The van der Waals surface area contributed by atoms with E-state index in [1.807, 2.05) is 24.3 Å². The second kappa shape index (κ2) is 10.2. The molecule has 5 nitrogen and oxygen atoms in total. The van der Waals surface area contributed by atoms with Gasteiger partial charge in [-0.3, -0.25) is 0 Å². The van der Waals surface area contributed by atoms with E-state index in [2.05, 4.69) is 21.2 Å². The van der Waals surface area contributed by atoms with Gasteiger partial charge in [-0.2, -0.15) is 0 Å². The van der Waals surface area contributed by atoms with Gasteiger partial charge in [0.2, 0.25) is 0 Å². The van der Waals surface area contributed by atoms with Gasteiger partial charge in [-0.15, -0.1) is 0 Å². The first-order valence-electron chi connectivity index (χ1n) is 6.18. The van der Waals surface area contributed by atoms with Crippen LogP contribution < -0.4 is 10.1 Å². The Hall–Kier alpha value is -0.660. The molecule has 0 aliphatic heterocycles. The summed E-state index contributed by atoms with van der Waals surface area (Å²) >= 11 is 3.35. The zero-order valence-corrected chi connectivity index (χ0v) is 12.3. The summed E-state index contributed by atoms with van der Waals surface area (Å²) in [5.74, 6) is 0.722. The van der Waals surface area contributed by atoms with Crippen LogP contribution in [-0.2, 0) is 4.74 Å². The highest BCUT2D eigenvalue weighted by molar-refractivity contribution is 9.10. The zero-order chi connectivity index (χ0) is 13.9. The van der Waals surface area contributed by atoms with Crippen molar-refractivity contribution < 1.29 is 19.7 Å². The van der Waals surface area contributed by atoms with Gasteiger partial charge in [0.15, 0.2) is 0 Å². The average Bonchev–Trinajstić information content (AvgIpc) is 2.40. The molecule has 0 aromatic heterocycles. The molecule has 0 saturated carbocycles. The molecule has 0 saturated heterocycles. The van der Waals surface area contributed by atoms with Gasteiger partial charge in [0.25, 0.3) is 0 Å². The Kier molecular flexibility index (Phi) is 8.77. The van der Waals surface area contributed by atoms with Crippen LogP contribution in [0.15, 0.2) is 28.7 Å². The summed E-state index contributed by atoms with van der Waals surface area (Å²) in [4.78, 5) is 0. The number of hydrogen-bond donors (Lipinski definition) is 3. The molecule has 0 radical (unpaired) electrons. The van der Waals surface area contributed by atoms with E-state index in [4.69, 9.17) is 14.6 Å². The Bertz CT molecular complexity index is 351. The number of aliphatic hydroxyl groups is 2. The third kappa shape index (κ3) is 8.18. The van der Waals surface area contributed by atoms with Crippen LogP contribution in [0, 0.1) is 0 Å². The van der Waals surface area contributed by atoms with Gasteiger partial charge < -0.3 is 25.0 Å². The normalized spacial score (nSPS) is 12.4. The van der Waals surface area contributed by atoms with Crippen molar-refractivity contribution in [2.75, 3.05) is 39.5 Å². The number of ether oxygens (including phenoxy) is 2. The van der Waals surface area contributed by atoms with E-state index in [0.29, 0.717) is 26.3 Å². The average molecular weight is 334 g/mol. The van der Waals surface area contributed by atoms with Crippen molar-refractivity contribution >= 4 is 15.9 Å². The number of benzene rings is 1. The standard InChI is InChI=1S/C13H20BrNO4/c14-11-2-1-3-13(8-11)19-10-12(17)9-15-4-6-18-7-5-16/h1-3,8,12,15-17H,4-7,9-10H2. The summed E-state index contributed by atoms with van der Waals surface area (Å²) in [6.45, 7) is 2.20. The molecule has 0 aliphatic carbocycles. The van der Waals surface area contributed by atoms with Crippen LogP contribution in [-0.4, -0.2) is 55.8 Å². The van der Waals surface area contributed by atoms with Crippen molar-refractivity contribution in [1.82, 2.24) is 5.32 Å². The lowest BCUT2D eigenvalue weighted by Crippen LogP contribution is -2.33. The van der Waals surface area contributed by atoms with E-state index in [-0.39, 0.29) is 13.2 Å². The Labute approximate surface area is 121 Å². The fourth-order valence-electron chi connectivity index (χ4n) is 1.39. The quantitative estimate of drug-likeness (QED) is 0.552. The van der Waals surface area contributed by atoms with Crippen molar-refractivity contribution in [2.24, 2.45) is 0 Å². The SMILES string of the molecule is OCCOCCNCC(O)COc1cccc(Br)c1. The highest BCUT2D eigenvalue weighted by atomic mass is 79.9. The number of rotatable bonds is 10. The van der Waals surface area contributed by atoms with Crippen LogP contribution >= 0.6 is 15.9 Å². The number of hydrogen-bond acceptors (Lipinski definition) is 5. The first-order valence-corrected chi connectivity index (χ1v) is 6.97. The minimum absolute atomic E-state index is 0.0309. The second-order valence-electron chi connectivity index (χ2n) is 3.96. The summed E-state index contributed by atoms with van der Waals surface area (Å²) in [6, 6.07) is 7.48. The highest BCUT2D eigenvalue weighted by Gasteiger charge is 2.04. The van der Waals surface area contributed by atoms with Crippen LogP contribution in [0.4, 0.5) is 0 Å². The summed E-state index contributed by atoms with van der Waals surface area (Å²) in [6.07, 6.45) is -0.572. The lowest BCUT2D eigenvalue weighted by Gasteiger charge is -2.13. The molecule has 1 aromatic rings. The number of aliphatic hydroxyl groups excluding tert-OH is 2. The predicted molar refractivity (Wildman–Crippen MR) is 76.4 cm³/mol. The Morgan fingerprint density at radius 3 is 2.89 bits per heavy atom. The van der Waals surface area contributed by atoms with Gasteiger partial charge >= 0.3 is 0 Å². The molecular weight excluding hydrogens is 314 g/mol. The van der Waals surface area contributed by atoms with Crippen LogP contribution in [0.5, 0.6) is 5.75 Å². The maximum absolute atomic E-state index is 9.70. The van der Waals surface area contributed by atoms with Gasteiger partial charge in [-0.1, -0.05) is 22.0 Å². The maximum Gasteiger partial charge on any atom is 0.120 e. The largest absolute Gasteiger partial charge is 0.491 e. The van der Waals surface area contributed by atoms with Gasteiger partial charge in [-0.25, -0.2) is 0 Å². The topological polar surface area (TPSA) is 71.0 Å². The minimum Gasteiger partial charge on any atom is -0.491 e. The summed E-state index contributed by atoms with van der Waals surface area (Å²) < 4.78 is 11.5. The van der Waals surface area contributed by atoms with Gasteiger partial charge in [-0.05, 0) is 18.2 Å². The van der Waals surface area contributed by atoms with E-state index in [0.717, 1.165) is 10.2 Å². The molecule has 0 fully saturated rings. The molecule has 1 rings (SSSR count). The highest BCUT2D eigenvalue weighted by Crippen LogP contribution is 2.17. The molecular formula is C13H20BrNO4. The maximum atomic E-state index is 9.70. The van der Waals surface area contributed by atoms with Crippen LogP contribution in [0.3, 0.4) is 0 Å². The summed E-state index contributed by atoms with van der Waals surface area (Å²) in [5.41, 5.74) is 0. The molecule has 3 N–H and O–H groups in total. The van der Waals surface area contributed by atoms with Gasteiger partial charge in [0, 0.05) is 17.6 Å². The Morgan fingerprint density at radius 1 is 1.32 bits per heavy atom. The van der Waals surface area contributed by atoms with E-state index in [1.54, 1.807) is 0 Å². The fourth-order valence-corrected chi connectivity index (χ4v) is 1.77.